The number of furan rings is 1. The summed E-state index contributed by atoms with van der Waals surface area (Å²) in [6, 6.07) is 9.45. The molecule has 1 aromatic heterocycles. The van der Waals surface area contributed by atoms with E-state index in [0.29, 0.717) is 12.1 Å². The second-order valence-electron chi connectivity index (χ2n) is 5.30. The van der Waals surface area contributed by atoms with Gasteiger partial charge in [-0.15, -0.1) is 0 Å². The molecule has 0 aliphatic carbocycles. The van der Waals surface area contributed by atoms with Crippen molar-refractivity contribution in [2.24, 2.45) is 5.73 Å². The first-order valence-electron chi connectivity index (χ1n) is 7.18. The topological polar surface area (TPSA) is 68.3 Å². The van der Waals surface area contributed by atoms with Gasteiger partial charge in [0.05, 0.1) is 6.04 Å². The molecule has 0 saturated carbocycles. The monoisotopic (exact) mass is 286 g/mol. The summed E-state index contributed by atoms with van der Waals surface area (Å²) in [4.78, 5) is 12.3. The molecule has 1 unspecified atom stereocenters. The molecule has 0 saturated heterocycles. The van der Waals surface area contributed by atoms with Crippen molar-refractivity contribution < 1.29 is 9.21 Å². The molecular weight excluding hydrogens is 264 g/mol. The fraction of sp³-hybridized carbons (Fsp3) is 0.353. The van der Waals surface area contributed by atoms with Crippen molar-refractivity contribution in [3.8, 4) is 0 Å². The first-order chi connectivity index (χ1) is 10.0. The zero-order chi connectivity index (χ0) is 15.4. The quantitative estimate of drug-likeness (QED) is 0.888. The summed E-state index contributed by atoms with van der Waals surface area (Å²) in [5.74, 6) is 1.62. The van der Waals surface area contributed by atoms with Crippen LogP contribution < -0.4 is 11.1 Å². The molecule has 112 valence electrons. The molecule has 21 heavy (non-hydrogen) atoms. The Morgan fingerprint density at radius 3 is 2.71 bits per heavy atom. The number of benzene rings is 1. The fourth-order valence-electron chi connectivity index (χ4n) is 2.47. The van der Waals surface area contributed by atoms with E-state index in [1.165, 1.54) is 0 Å². The highest BCUT2D eigenvalue weighted by Crippen LogP contribution is 2.21. The first kappa shape index (κ1) is 15.3. The summed E-state index contributed by atoms with van der Waals surface area (Å²) in [6.45, 7) is 6.35. The number of nitrogens with two attached hydrogens (primary N) is 1. The molecular formula is C17H22N2O2. The predicted octanol–water partition coefficient (Wildman–Crippen LogP) is 2.89. The van der Waals surface area contributed by atoms with E-state index in [4.69, 9.17) is 10.2 Å². The highest BCUT2D eigenvalue weighted by molar-refractivity contribution is 5.94. The number of hydrogen-bond donors (Lipinski definition) is 2. The molecule has 0 spiro atoms. The normalized spacial score (nSPS) is 12.2. The first-order valence-corrected chi connectivity index (χ1v) is 7.18. The maximum absolute atomic E-state index is 12.3. The summed E-state index contributed by atoms with van der Waals surface area (Å²) in [7, 11) is 0. The van der Waals surface area contributed by atoms with Crippen molar-refractivity contribution in [1.29, 1.82) is 0 Å². The number of carbonyl (C=O) groups is 1. The third-order valence-electron chi connectivity index (χ3n) is 3.52. The van der Waals surface area contributed by atoms with E-state index in [9.17, 15) is 4.79 Å². The van der Waals surface area contributed by atoms with Crippen molar-refractivity contribution >= 4 is 5.91 Å². The molecule has 0 aliphatic rings. The maximum atomic E-state index is 12.3. The molecule has 2 rings (SSSR count). The standard InChI is InChI=1S/C17H22N2O2/c1-11-9-16(13(3)21-11)12(2)19-17(20)15-6-4-5-14(10-15)7-8-18/h4-6,9-10,12H,7-8,18H2,1-3H3,(H,19,20). The van der Waals surface area contributed by atoms with Crippen LogP contribution >= 0.6 is 0 Å². The molecule has 3 N–H and O–H groups in total. The summed E-state index contributed by atoms with van der Waals surface area (Å²) >= 11 is 0. The lowest BCUT2D eigenvalue weighted by Crippen LogP contribution is -2.26. The molecule has 0 aliphatic heterocycles. The fourth-order valence-corrected chi connectivity index (χ4v) is 2.47. The largest absolute Gasteiger partial charge is 0.466 e. The van der Waals surface area contributed by atoms with Crippen molar-refractivity contribution in [2.75, 3.05) is 6.54 Å². The van der Waals surface area contributed by atoms with Crippen LogP contribution in [0, 0.1) is 13.8 Å². The van der Waals surface area contributed by atoms with E-state index < -0.39 is 0 Å². The van der Waals surface area contributed by atoms with Crippen LogP contribution in [0.2, 0.25) is 0 Å². The third kappa shape index (κ3) is 3.73. The van der Waals surface area contributed by atoms with Gasteiger partial charge in [-0.1, -0.05) is 12.1 Å². The molecule has 0 bridgehead atoms. The summed E-state index contributed by atoms with van der Waals surface area (Å²) in [6.07, 6.45) is 0.775. The molecule has 1 atom stereocenters. The lowest BCUT2D eigenvalue weighted by atomic mass is 10.1. The minimum Gasteiger partial charge on any atom is -0.466 e. The van der Waals surface area contributed by atoms with Crippen LogP contribution in [0.4, 0.5) is 0 Å². The lowest BCUT2D eigenvalue weighted by Gasteiger charge is -2.13. The number of rotatable bonds is 5. The second kappa shape index (κ2) is 6.59. The van der Waals surface area contributed by atoms with E-state index >= 15 is 0 Å². The molecule has 4 nitrogen and oxygen atoms in total. The van der Waals surface area contributed by atoms with Gasteiger partial charge >= 0.3 is 0 Å². The maximum Gasteiger partial charge on any atom is 0.251 e. The summed E-state index contributed by atoms with van der Waals surface area (Å²) < 4.78 is 5.51. The highest BCUT2D eigenvalue weighted by Gasteiger charge is 2.16. The third-order valence-corrected chi connectivity index (χ3v) is 3.52. The van der Waals surface area contributed by atoms with E-state index in [2.05, 4.69) is 5.32 Å². The summed E-state index contributed by atoms with van der Waals surface area (Å²) in [5, 5.41) is 3.01. The van der Waals surface area contributed by atoms with E-state index in [1.54, 1.807) is 0 Å². The Morgan fingerprint density at radius 1 is 1.33 bits per heavy atom. The average Bonchev–Trinajstić information content (AvgIpc) is 2.78. The zero-order valence-corrected chi connectivity index (χ0v) is 12.8. The van der Waals surface area contributed by atoms with E-state index in [0.717, 1.165) is 29.1 Å². The minimum atomic E-state index is -0.0897. The molecule has 2 aromatic rings. The van der Waals surface area contributed by atoms with Gasteiger partial charge in [-0.2, -0.15) is 0 Å². The highest BCUT2D eigenvalue weighted by atomic mass is 16.3. The molecule has 0 radical (unpaired) electrons. The number of nitrogens with one attached hydrogen (secondary N) is 1. The Morgan fingerprint density at radius 2 is 2.10 bits per heavy atom. The summed E-state index contributed by atoms with van der Waals surface area (Å²) in [5.41, 5.74) is 8.30. The smallest absolute Gasteiger partial charge is 0.251 e. The van der Waals surface area contributed by atoms with Crippen molar-refractivity contribution in [1.82, 2.24) is 5.32 Å². The lowest BCUT2D eigenvalue weighted by molar-refractivity contribution is 0.0939. The number of carbonyl (C=O) groups excluding carboxylic acids is 1. The Hall–Kier alpha value is -2.07. The second-order valence-corrected chi connectivity index (χ2v) is 5.30. The van der Waals surface area contributed by atoms with Crippen LogP contribution in [-0.2, 0) is 6.42 Å². The number of aryl methyl sites for hydroxylation is 2. The number of amides is 1. The Labute approximate surface area is 125 Å². The van der Waals surface area contributed by atoms with Gasteiger partial charge < -0.3 is 15.5 Å². The molecule has 4 heteroatoms. The van der Waals surface area contributed by atoms with Crippen LogP contribution in [-0.4, -0.2) is 12.5 Å². The van der Waals surface area contributed by atoms with Crippen molar-refractivity contribution in [3.05, 3.63) is 58.5 Å². The van der Waals surface area contributed by atoms with Crippen molar-refractivity contribution in [3.63, 3.8) is 0 Å². The zero-order valence-electron chi connectivity index (χ0n) is 12.8. The van der Waals surface area contributed by atoms with Crippen LogP contribution in [0.25, 0.3) is 0 Å². The number of hydrogen-bond acceptors (Lipinski definition) is 3. The van der Waals surface area contributed by atoms with Crippen molar-refractivity contribution in [2.45, 2.75) is 33.2 Å². The van der Waals surface area contributed by atoms with Gasteiger partial charge in [0.2, 0.25) is 0 Å². The molecule has 0 fully saturated rings. The van der Waals surface area contributed by atoms with Gasteiger partial charge in [-0.3, -0.25) is 4.79 Å². The Bertz CT molecular complexity index is 631. The Balaban J connectivity index is 2.10. The van der Waals surface area contributed by atoms with Gasteiger partial charge in [0.25, 0.3) is 5.91 Å². The van der Waals surface area contributed by atoms with Crippen LogP contribution in [0.3, 0.4) is 0 Å². The SMILES string of the molecule is Cc1cc(C(C)NC(=O)c2cccc(CCN)c2)c(C)o1. The van der Waals surface area contributed by atoms with E-state index in [1.807, 2.05) is 51.1 Å². The predicted molar refractivity (Wildman–Crippen MR) is 83.3 cm³/mol. The van der Waals surface area contributed by atoms with Crippen LogP contribution in [0.1, 0.15) is 46.0 Å². The van der Waals surface area contributed by atoms with Gasteiger partial charge in [-0.25, -0.2) is 0 Å². The van der Waals surface area contributed by atoms with Crippen LogP contribution in [0.5, 0.6) is 0 Å². The van der Waals surface area contributed by atoms with E-state index in [-0.39, 0.29) is 11.9 Å². The van der Waals surface area contributed by atoms with Gasteiger partial charge in [0, 0.05) is 11.1 Å². The molecule has 1 amide bonds. The average molecular weight is 286 g/mol. The van der Waals surface area contributed by atoms with Gasteiger partial charge in [0.15, 0.2) is 0 Å². The molecule has 1 aromatic carbocycles. The van der Waals surface area contributed by atoms with Crippen LogP contribution in [0.15, 0.2) is 34.7 Å². The Kier molecular flexibility index (Phi) is 4.81. The van der Waals surface area contributed by atoms with Gasteiger partial charge in [-0.05, 0) is 57.5 Å². The minimum absolute atomic E-state index is 0.0837. The molecule has 1 heterocycles. The van der Waals surface area contributed by atoms with Gasteiger partial charge in [0.1, 0.15) is 11.5 Å².